The van der Waals surface area contributed by atoms with Gasteiger partial charge in [-0.2, -0.15) is 0 Å². The second-order valence-electron chi connectivity index (χ2n) is 14.2. The fourth-order valence-corrected chi connectivity index (χ4v) is 8.38. The van der Waals surface area contributed by atoms with Gasteiger partial charge in [0.2, 0.25) is 11.5 Å². The Hall–Kier alpha value is -7.83. The minimum absolute atomic E-state index is 0.770. The molecule has 0 aliphatic carbocycles. The highest BCUT2D eigenvalue weighted by molar-refractivity contribution is 6.06. The van der Waals surface area contributed by atoms with Crippen molar-refractivity contribution in [1.29, 1.82) is 0 Å². The van der Waals surface area contributed by atoms with E-state index in [1.165, 1.54) is 5.56 Å². The van der Waals surface area contributed by atoms with Crippen molar-refractivity contribution in [2.45, 2.75) is 0 Å². The van der Waals surface area contributed by atoms with Crippen LogP contribution in [0, 0.1) is 0 Å². The summed E-state index contributed by atoms with van der Waals surface area (Å²) >= 11 is 0. The average Bonchev–Trinajstić information content (AvgIpc) is 3.98. The van der Waals surface area contributed by atoms with E-state index in [4.69, 9.17) is 9.40 Å². The Morgan fingerprint density at radius 3 is 1.93 bits per heavy atom. The maximum Gasteiger partial charge on any atom is 0.232 e. The van der Waals surface area contributed by atoms with Crippen LogP contribution in [0.1, 0.15) is 0 Å². The van der Waals surface area contributed by atoms with E-state index < -0.39 is 0 Å². The third-order valence-electron chi connectivity index (χ3n) is 11.0. The summed E-state index contributed by atoms with van der Waals surface area (Å²) in [5.41, 5.74) is 13.0. The maximum absolute atomic E-state index is 6.52. The Morgan fingerprint density at radius 2 is 1.18 bits per heavy atom. The molecule has 11 aromatic rings. The number of furan rings is 1. The van der Waals surface area contributed by atoms with E-state index in [1.54, 1.807) is 0 Å². The summed E-state index contributed by atoms with van der Waals surface area (Å²) in [7, 11) is 0. The van der Waals surface area contributed by atoms with Crippen molar-refractivity contribution in [1.82, 2.24) is 18.5 Å². The molecule has 6 nitrogen and oxygen atoms in total. The van der Waals surface area contributed by atoms with Gasteiger partial charge in [0.15, 0.2) is 0 Å². The van der Waals surface area contributed by atoms with Gasteiger partial charge >= 0.3 is 0 Å². The van der Waals surface area contributed by atoms with Crippen molar-refractivity contribution in [2.75, 3.05) is 4.90 Å². The molecule has 0 fully saturated rings. The molecule has 0 bridgehead atoms. The van der Waals surface area contributed by atoms with Crippen molar-refractivity contribution in [2.24, 2.45) is 0 Å². The Kier molecular flexibility index (Phi) is 7.37. The van der Waals surface area contributed by atoms with Crippen molar-refractivity contribution in [3.8, 4) is 22.5 Å². The van der Waals surface area contributed by atoms with Crippen molar-refractivity contribution >= 4 is 79.6 Å². The number of fused-ring (bicyclic) bond motifs is 8. The number of para-hydroxylation sites is 3. The lowest BCUT2D eigenvalue weighted by Gasteiger charge is -2.26. The van der Waals surface area contributed by atoms with Gasteiger partial charge in [0, 0.05) is 38.7 Å². The van der Waals surface area contributed by atoms with E-state index in [1.807, 2.05) is 48.6 Å². The Bertz CT molecular complexity index is 3420. The number of imidazole rings is 2. The van der Waals surface area contributed by atoms with Crippen LogP contribution in [0.25, 0.3) is 85.1 Å². The quantitative estimate of drug-likeness (QED) is 0.164. The molecule has 6 heteroatoms. The van der Waals surface area contributed by atoms with E-state index in [2.05, 4.69) is 171 Å². The molecule has 0 aliphatic rings. The standard InChI is InChI=1S/C51H35N5O/c1-3-14-45-34(2)42-19-10-12-21-46(42)54(45)40-29-27-39(28-30-40)53(38-25-23-36(24-26-38)35-15-6-4-7-16-35)41-31-32-47-44(33-41)52-51-55(37-17-8-5-9-18-37)50-49(56(47)51)43-20-11-13-22-48(43)57-50/h3-33H,1-2H2/b45-14+. The van der Waals surface area contributed by atoms with Gasteiger partial charge in [-0.1, -0.05) is 110 Å². The number of rotatable bonds is 7. The summed E-state index contributed by atoms with van der Waals surface area (Å²) < 4.78 is 13.1. The lowest BCUT2D eigenvalue weighted by Crippen LogP contribution is -2.26. The molecule has 0 spiro atoms. The molecular weight excluding hydrogens is 699 g/mol. The van der Waals surface area contributed by atoms with Crippen LogP contribution in [0.2, 0.25) is 0 Å². The van der Waals surface area contributed by atoms with Crippen LogP contribution < -0.4 is 15.5 Å². The van der Waals surface area contributed by atoms with Gasteiger partial charge in [-0.3, -0.25) is 4.40 Å². The first-order valence-corrected chi connectivity index (χ1v) is 19.0. The third-order valence-corrected chi connectivity index (χ3v) is 11.0. The summed E-state index contributed by atoms with van der Waals surface area (Å²) in [6.45, 7) is 8.43. The number of hydrogen-bond donors (Lipinski definition) is 0. The van der Waals surface area contributed by atoms with Crippen LogP contribution in [0.3, 0.4) is 0 Å². The fraction of sp³-hybridized carbons (Fsp3) is 0. The Labute approximate surface area is 328 Å². The smallest absolute Gasteiger partial charge is 0.232 e. The molecule has 0 aliphatic heterocycles. The maximum atomic E-state index is 6.52. The number of nitrogens with zero attached hydrogens (tertiary/aromatic N) is 5. The van der Waals surface area contributed by atoms with Crippen LogP contribution in [-0.2, 0) is 0 Å². The van der Waals surface area contributed by atoms with Crippen LogP contribution in [0.4, 0.5) is 17.1 Å². The molecule has 0 amide bonds. The molecule has 270 valence electrons. The first-order chi connectivity index (χ1) is 28.2. The summed E-state index contributed by atoms with van der Waals surface area (Å²) in [4.78, 5) is 7.62. The summed E-state index contributed by atoms with van der Waals surface area (Å²) in [6, 6.07) is 61.5. The van der Waals surface area contributed by atoms with Crippen molar-refractivity contribution in [3.63, 3.8) is 0 Å². The first kappa shape index (κ1) is 32.6. The number of allylic oxidation sites excluding steroid dienone is 1. The summed E-state index contributed by atoms with van der Waals surface area (Å²) in [5.74, 6) is 0.798. The average molecular weight is 734 g/mol. The van der Waals surface area contributed by atoms with Crippen LogP contribution >= 0.6 is 0 Å². The van der Waals surface area contributed by atoms with Crippen LogP contribution in [0.5, 0.6) is 0 Å². The Morgan fingerprint density at radius 1 is 0.561 bits per heavy atom. The summed E-state index contributed by atoms with van der Waals surface area (Å²) in [5, 5.41) is 4.17. The van der Waals surface area contributed by atoms with Crippen molar-refractivity contribution < 1.29 is 4.42 Å². The highest BCUT2D eigenvalue weighted by Gasteiger charge is 2.24. The molecule has 4 aromatic heterocycles. The molecule has 0 saturated heterocycles. The van der Waals surface area contributed by atoms with Gasteiger partial charge < -0.3 is 13.9 Å². The molecule has 4 heterocycles. The molecule has 57 heavy (non-hydrogen) atoms. The minimum atomic E-state index is 0.770. The lowest BCUT2D eigenvalue weighted by molar-refractivity contribution is 0.645. The van der Waals surface area contributed by atoms with Gasteiger partial charge in [0.1, 0.15) is 11.1 Å². The molecule has 7 aromatic carbocycles. The third kappa shape index (κ3) is 5.08. The highest BCUT2D eigenvalue weighted by atomic mass is 16.3. The molecule has 0 radical (unpaired) electrons. The lowest BCUT2D eigenvalue weighted by atomic mass is 10.0. The summed E-state index contributed by atoms with van der Waals surface area (Å²) in [6.07, 6.45) is 3.86. The second kappa shape index (κ2) is 12.9. The zero-order valence-electron chi connectivity index (χ0n) is 31.0. The Balaban J connectivity index is 1.10. The number of aromatic nitrogens is 4. The van der Waals surface area contributed by atoms with Gasteiger partial charge in [0.25, 0.3) is 0 Å². The van der Waals surface area contributed by atoms with Crippen molar-refractivity contribution in [3.05, 3.63) is 199 Å². The molecular formula is C51H35N5O. The molecule has 0 N–H and O–H groups in total. The molecule has 11 rings (SSSR count). The van der Waals surface area contributed by atoms with E-state index in [0.717, 1.165) is 94.5 Å². The van der Waals surface area contributed by atoms with Gasteiger partial charge in [-0.05, 0) is 102 Å². The van der Waals surface area contributed by atoms with Gasteiger partial charge in [-0.25, -0.2) is 9.55 Å². The fourth-order valence-electron chi connectivity index (χ4n) is 8.38. The van der Waals surface area contributed by atoms with Crippen LogP contribution in [0.15, 0.2) is 193 Å². The first-order valence-electron chi connectivity index (χ1n) is 19.0. The predicted molar refractivity (Wildman–Crippen MR) is 236 cm³/mol. The zero-order chi connectivity index (χ0) is 38.0. The number of benzene rings is 7. The number of anilines is 3. The van der Waals surface area contributed by atoms with E-state index in [0.29, 0.717) is 0 Å². The predicted octanol–water partition coefficient (Wildman–Crippen LogP) is 11.6. The van der Waals surface area contributed by atoms with Gasteiger partial charge in [0.05, 0.1) is 27.6 Å². The highest BCUT2D eigenvalue weighted by Crippen LogP contribution is 2.40. The second-order valence-corrected chi connectivity index (χ2v) is 14.2. The normalized spacial score (nSPS) is 12.1. The molecule has 0 atom stereocenters. The van der Waals surface area contributed by atoms with E-state index >= 15 is 0 Å². The number of hydrogen-bond acceptors (Lipinski definition) is 3. The van der Waals surface area contributed by atoms with Gasteiger partial charge in [-0.15, -0.1) is 0 Å². The van der Waals surface area contributed by atoms with E-state index in [9.17, 15) is 0 Å². The molecule has 0 unspecified atom stereocenters. The SMILES string of the molecule is C=C/C=c1\c(=C)c2ccccc2n1-c1ccc(N(c2ccc(-c3ccccc3)cc2)c2ccc3c(c2)nc2n(-c4ccccc4)c4oc5ccccc5c4n32)cc1. The zero-order valence-corrected chi connectivity index (χ0v) is 31.0. The van der Waals surface area contributed by atoms with Crippen LogP contribution in [-0.4, -0.2) is 18.5 Å². The molecule has 0 saturated carbocycles. The monoisotopic (exact) mass is 733 g/mol. The topological polar surface area (TPSA) is 43.5 Å². The van der Waals surface area contributed by atoms with E-state index in [-0.39, 0.29) is 0 Å². The minimum Gasteiger partial charge on any atom is -0.437 e. The largest absolute Gasteiger partial charge is 0.437 e.